The summed E-state index contributed by atoms with van der Waals surface area (Å²) in [6.45, 7) is 3.72. The van der Waals surface area contributed by atoms with Crippen molar-refractivity contribution < 1.29 is 19.0 Å². The number of aromatic nitrogens is 1. The Balaban J connectivity index is 1.42. The molecule has 0 bridgehead atoms. The molecule has 0 spiro atoms. The number of carbonyl (C=O) groups excluding carboxylic acids is 1. The molecular formula is C24H32N3O4P. The van der Waals surface area contributed by atoms with Crippen LogP contribution in [0, 0.1) is 11.8 Å². The molecule has 8 heteroatoms. The Kier molecular flexibility index (Phi) is 5.91. The summed E-state index contributed by atoms with van der Waals surface area (Å²) in [6, 6.07) is 4.56. The lowest BCUT2D eigenvalue weighted by atomic mass is 9.74. The summed E-state index contributed by atoms with van der Waals surface area (Å²) < 4.78 is 16.8. The van der Waals surface area contributed by atoms with E-state index in [0.29, 0.717) is 31.2 Å². The number of nitrogens with one attached hydrogen (secondary N) is 1. The van der Waals surface area contributed by atoms with Crippen LogP contribution in [0.2, 0.25) is 0 Å². The van der Waals surface area contributed by atoms with Crippen molar-refractivity contribution in [2.24, 2.45) is 11.8 Å². The van der Waals surface area contributed by atoms with Crippen LogP contribution in [0.1, 0.15) is 23.7 Å². The third kappa shape index (κ3) is 3.81. The van der Waals surface area contributed by atoms with E-state index in [9.17, 15) is 4.79 Å². The van der Waals surface area contributed by atoms with Crippen LogP contribution in [0.3, 0.4) is 0 Å². The van der Waals surface area contributed by atoms with Crippen molar-refractivity contribution in [1.29, 1.82) is 0 Å². The van der Waals surface area contributed by atoms with Crippen LogP contribution in [-0.4, -0.2) is 74.8 Å². The Morgan fingerprint density at radius 3 is 3.00 bits per heavy atom. The fourth-order valence-corrected chi connectivity index (χ4v) is 5.86. The lowest BCUT2D eigenvalue weighted by Crippen LogP contribution is -2.49. The van der Waals surface area contributed by atoms with Gasteiger partial charge in [0.2, 0.25) is 0 Å². The Morgan fingerprint density at radius 1 is 1.38 bits per heavy atom. The van der Waals surface area contributed by atoms with Gasteiger partial charge in [-0.2, -0.15) is 0 Å². The van der Waals surface area contributed by atoms with E-state index in [-0.39, 0.29) is 17.9 Å². The fourth-order valence-electron chi connectivity index (χ4n) is 5.49. The zero-order chi connectivity index (χ0) is 22.4. The first-order valence-corrected chi connectivity index (χ1v) is 11.9. The highest BCUT2D eigenvalue weighted by atomic mass is 31.0. The summed E-state index contributed by atoms with van der Waals surface area (Å²) in [5.41, 5.74) is 4.51. The van der Waals surface area contributed by atoms with Crippen molar-refractivity contribution in [3.8, 4) is 5.75 Å². The maximum Gasteiger partial charge on any atom is 0.337 e. The van der Waals surface area contributed by atoms with Crippen molar-refractivity contribution in [3.05, 3.63) is 35.2 Å². The molecule has 4 atom stereocenters. The van der Waals surface area contributed by atoms with Crippen molar-refractivity contribution in [1.82, 2.24) is 14.8 Å². The van der Waals surface area contributed by atoms with Gasteiger partial charge in [0.15, 0.2) is 0 Å². The van der Waals surface area contributed by atoms with E-state index in [2.05, 4.69) is 31.3 Å². The first kappa shape index (κ1) is 21.7. The van der Waals surface area contributed by atoms with E-state index in [1.807, 2.05) is 19.0 Å². The second kappa shape index (κ2) is 8.69. The molecule has 3 aliphatic rings. The normalized spacial score (nSPS) is 24.9. The zero-order valence-electron chi connectivity index (χ0n) is 19.0. The molecule has 5 rings (SSSR count). The summed E-state index contributed by atoms with van der Waals surface area (Å²) in [7, 11) is 8.42. The number of H-pyrrole nitrogens is 1. The number of likely N-dealkylation sites (N-methyl/N-ethyl adjacent to an activating group) is 1. The van der Waals surface area contributed by atoms with Crippen LogP contribution in [0.15, 0.2) is 24.0 Å². The van der Waals surface area contributed by atoms with Gasteiger partial charge in [-0.25, -0.2) is 4.79 Å². The SMILES string of the molecule is COc1cc2c3c([nH]c2cc1P)[C@H]1CC2C(C(=O)OCCN(C)C)=COCC2CN1CC3. The predicted molar refractivity (Wildman–Crippen MR) is 127 cm³/mol. The molecular weight excluding hydrogens is 425 g/mol. The second-order valence-corrected chi connectivity index (χ2v) is 9.99. The average molecular weight is 458 g/mol. The third-order valence-corrected chi connectivity index (χ3v) is 7.61. The lowest BCUT2D eigenvalue weighted by molar-refractivity contribution is -0.141. The molecule has 0 amide bonds. The summed E-state index contributed by atoms with van der Waals surface area (Å²) in [4.78, 5) is 21.1. The summed E-state index contributed by atoms with van der Waals surface area (Å²) in [5, 5.41) is 2.30. The minimum atomic E-state index is -0.236. The fraction of sp³-hybridized carbons (Fsp3) is 0.542. The molecule has 4 heterocycles. The Morgan fingerprint density at radius 2 is 2.22 bits per heavy atom. The van der Waals surface area contributed by atoms with E-state index in [1.165, 1.54) is 16.6 Å². The van der Waals surface area contributed by atoms with Crippen molar-refractivity contribution in [3.63, 3.8) is 0 Å². The first-order chi connectivity index (χ1) is 15.5. The van der Waals surface area contributed by atoms with Crippen LogP contribution in [0.5, 0.6) is 5.75 Å². The van der Waals surface area contributed by atoms with Gasteiger partial charge >= 0.3 is 5.97 Å². The van der Waals surface area contributed by atoms with Crippen LogP contribution in [-0.2, 0) is 20.7 Å². The number of benzene rings is 1. The molecule has 2 aromatic rings. The number of hydrogen-bond acceptors (Lipinski definition) is 6. The third-order valence-electron chi connectivity index (χ3n) is 7.16. The highest BCUT2D eigenvalue weighted by Crippen LogP contribution is 2.46. The molecule has 7 nitrogen and oxygen atoms in total. The number of carbonyl (C=O) groups is 1. The standard InChI is InChI=1S/C24H32N3O4P/c1-26(2)6-7-31-24(28)18-13-30-12-14-11-27-5-4-15-17-9-21(29-3)22(32)10-19(17)25-23(15)20(27)8-16(14)18/h9-10,13-14,16,20,25H,4-8,11-12,32H2,1-3H3/t14?,16?,20-/m1/s1. The minimum absolute atomic E-state index is 0.154. The van der Waals surface area contributed by atoms with Crippen LogP contribution < -0.4 is 10.0 Å². The van der Waals surface area contributed by atoms with Gasteiger partial charge in [0.25, 0.3) is 0 Å². The Hall–Kier alpha value is -2.08. The quantitative estimate of drug-likeness (QED) is 0.549. The number of rotatable bonds is 5. The number of ether oxygens (including phenoxy) is 3. The van der Waals surface area contributed by atoms with Gasteiger partial charge in [-0.15, -0.1) is 9.24 Å². The van der Waals surface area contributed by atoms with Gasteiger partial charge in [0.05, 0.1) is 31.6 Å². The first-order valence-electron chi connectivity index (χ1n) is 11.3. The largest absolute Gasteiger partial charge is 0.500 e. The Bertz CT molecular complexity index is 1060. The highest BCUT2D eigenvalue weighted by molar-refractivity contribution is 7.27. The minimum Gasteiger partial charge on any atom is -0.500 e. The molecule has 0 radical (unpaired) electrons. The van der Waals surface area contributed by atoms with E-state index < -0.39 is 0 Å². The summed E-state index contributed by atoms with van der Waals surface area (Å²) in [6.07, 6.45) is 3.56. The number of fused-ring (bicyclic) bond motifs is 6. The summed E-state index contributed by atoms with van der Waals surface area (Å²) >= 11 is 0. The molecule has 1 saturated heterocycles. The number of nitrogens with zero attached hydrogens (tertiary/aromatic N) is 2. The molecule has 1 aromatic carbocycles. The van der Waals surface area contributed by atoms with Crippen LogP contribution in [0.4, 0.5) is 0 Å². The topological polar surface area (TPSA) is 67.0 Å². The number of hydrogen-bond donors (Lipinski definition) is 1. The molecule has 3 unspecified atom stereocenters. The molecule has 0 saturated carbocycles. The zero-order valence-corrected chi connectivity index (χ0v) is 20.2. The van der Waals surface area contributed by atoms with E-state index in [0.717, 1.165) is 42.5 Å². The average Bonchev–Trinajstić information content (AvgIpc) is 3.13. The number of methoxy groups -OCH3 is 1. The van der Waals surface area contributed by atoms with Crippen molar-refractivity contribution in [2.45, 2.75) is 18.9 Å². The van der Waals surface area contributed by atoms with Gasteiger partial charge in [-0.05, 0) is 44.6 Å². The molecule has 1 N–H and O–H groups in total. The highest BCUT2D eigenvalue weighted by Gasteiger charge is 2.44. The second-order valence-electron chi connectivity index (χ2n) is 9.37. The van der Waals surface area contributed by atoms with E-state index in [4.69, 9.17) is 14.2 Å². The van der Waals surface area contributed by atoms with Crippen LogP contribution in [0.25, 0.3) is 10.9 Å². The number of aromatic amines is 1. The number of piperidine rings is 1. The molecule has 32 heavy (non-hydrogen) atoms. The van der Waals surface area contributed by atoms with Gasteiger partial charge < -0.3 is 24.1 Å². The monoisotopic (exact) mass is 457 g/mol. The van der Waals surface area contributed by atoms with Gasteiger partial charge in [0.1, 0.15) is 12.4 Å². The van der Waals surface area contributed by atoms with Crippen molar-refractivity contribution >= 4 is 31.4 Å². The van der Waals surface area contributed by atoms with E-state index in [1.54, 1.807) is 13.4 Å². The molecule has 172 valence electrons. The molecule has 0 aliphatic carbocycles. The maximum absolute atomic E-state index is 12.9. The maximum atomic E-state index is 12.9. The van der Waals surface area contributed by atoms with Gasteiger partial charge in [-0.3, -0.25) is 4.90 Å². The van der Waals surface area contributed by atoms with Crippen molar-refractivity contribution in [2.75, 3.05) is 54.1 Å². The number of esters is 1. The lowest BCUT2D eigenvalue weighted by Gasteiger charge is -2.47. The molecule has 1 aromatic heterocycles. The smallest absolute Gasteiger partial charge is 0.337 e. The molecule has 1 fully saturated rings. The van der Waals surface area contributed by atoms with Gasteiger partial charge in [0, 0.05) is 53.4 Å². The molecule has 3 aliphatic heterocycles. The van der Waals surface area contributed by atoms with E-state index >= 15 is 0 Å². The Labute approximate surface area is 191 Å². The predicted octanol–water partition coefficient (Wildman–Crippen LogP) is 2.23. The summed E-state index contributed by atoms with van der Waals surface area (Å²) in [5.74, 6) is 1.13. The van der Waals surface area contributed by atoms with Gasteiger partial charge in [-0.1, -0.05) is 0 Å². The van der Waals surface area contributed by atoms with Crippen LogP contribution >= 0.6 is 9.24 Å².